The second-order valence-corrected chi connectivity index (χ2v) is 7.71. The van der Waals surface area contributed by atoms with Gasteiger partial charge in [0.25, 0.3) is 0 Å². The van der Waals surface area contributed by atoms with E-state index in [0.29, 0.717) is 0 Å². The molecule has 5 rings (SSSR count). The van der Waals surface area contributed by atoms with Gasteiger partial charge < -0.3 is 0 Å². The molecule has 5 aromatic carbocycles. The van der Waals surface area contributed by atoms with Crippen molar-refractivity contribution in [3.8, 4) is 11.8 Å². The number of fused-ring (bicyclic) bond motifs is 2. The average molecular weight is 361 g/mol. The third-order valence-corrected chi connectivity index (χ3v) is 5.90. The Kier molecular flexibility index (Phi) is 4.38. The van der Waals surface area contributed by atoms with Crippen LogP contribution in [0.25, 0.3) is 43.1 Å². The molecule has 0 fully saturated rings. The Morgan fingerprint density at radius 3 is 2.00 bits per heavy atom. The summed E-state index contributed by atoms with van der Waals surface area (Å²) in [4.78, 5) is 0. The van der Waals surface area contributed by atoms with Crippen LogP contribution in [-0.2, 0) is 0 Å². The van der Waals surface area contributed by atoms with E-state index in [1.54, 1.807) is 0 Å². The molecule has 28 heavy (non-hydrogen) atoms. The van der Waals surface area contributed by atoms with Crippen LogP contribution in [0.4, 0.5) is 0 Å². The molecule has 0 aliphatic heterocycles. The van der Waals surface area contributed by atoms with Gasteiger partial charge in [0.2, 0.25) is 0 Å². The van der Waals surface area contributed by atoms with Gasteiger partial charge in [0.15, 0.2) is 0 Å². The topological polar surface area (TPSA) is 0 Å². The Hall–Kier alpha value is -3.04. The zero-order valence-corrected chi connectivity index (χ0v) is 16.4. The number of rotatable bonds is 4. The van der Waals surface area contributed by atoms with Gasteiger partial charge in [-0.3, -0.25) is 0 Å². The monoisotopic (exact) mass is 360 g/mol. The Bertz CT molecular complexity index is 1290. The van der Waals surface area contributed by atoms with Gasteiger partial charge in [-0.05, 0) is 55.6 Å². The van der Waals surface area contributed by atoms with Crippen LogP contribution in [0.2, 0.25) is 0 Å². The van der Waals surface area contributed by atoms with Gasteiger partial charge in [-0.25, -0.2) is 0 Å². The van der Waals surface area contributed by atoms with Crippen LogP contribution in [0, 0.1) is 11.8 Å². The molecule has 0 nitrogen and oxygen atoms in total. The second-order valence-electron chi connectivity index (χ2n) is 7.71. The molecule has 0 atom stereocenters. The maximum absolute atomic E-state index is 3.47. The van der Waals surface area contributed by atoms with E-state index in [-0.39, 0.29) is 0 Å². The van der Waals surface area contributed by atoms with Crippen molar-refractivity contribution in [2.75, 3.05) is 0 Å². The lowest BCUT2D eigenvalue weighted by atomic mass is 9.88. The Morgan fingerprint density at radius 1 is 0.607 bits per heavy atom. The molecule has 0 saturated carbocycles. The third-order valence-electron chi connectivity index (χ3n) is 5.90. The van der Waals surface area contributed by atoms with Gasteiger partial charge in [-0.15, -0.1) is 0 Å². The van der Waals surface area contributed by atoms with Crippen LogP contribution < -0.4 is 0 Å². The van der Waals surface area contributed by atoms with Gasteiger partial charge in [0.05, 0.1) is 0 Å². The standard InChI is InChI=1S/C28H24/c1-2-3-4-5-6-7-11-20-18-19-26-24-16-9-13-21-12-8-15-23(27(21)24)25-17-10-14-22(20)28(25)26/h8-10,12-19H,2-6H2,1H3. The molecule has 0 radical (unpaired) electrons. The maximum atomic E-state index is 3.47. The molecule has 0 amide bonds. The van der Waals surface area contributed by atoms with Crippen molar-refractivity contribution in [2.45, 2.75) is 39.0 Å². The molecule has 0 N–H and O–H groups in total. The van der Waals surface area contributed by atoms with E-state index in [9.17, 15) is 0 Å². The zero-order valence-electron chi connectivity index (χ0n) is 16.4. The summed E-state index contributed by atoms with van der Waals surface area (Å²) < 4.78 is 0. The highest BCUT2D eigenvalue weighted by molar-refractivity contribution is 6.33. The smallest absolute Gasteiger partial charge is 0.0324 e. The van der Waals surface area contributed by atoms with E-state index < -0.39 is 0 Å². The summed E-state index contributed by atoms with van der Waals surface area (Å²) in [6, 6.07) is 24.5. The molecule has 0 unspecified atom stereocenters. The predicted octanol–water partition coefficient (Wildman–Crippen LogP) is 8.06. The molecule has 0 bridgehead atoms. The summed E-state index contributed by atoms with van der Waals surface area (Å²) in [5, 5.41) is 10.7. The molecule has 0 heterocycles. The minimum absolute atomic E-state index is 0.991. The maximum Gasteiger partial charge on any atom is 0.0324 e. The molecule has 0 aliphatic rings. The first-order valence-corrected chi connectivity index (χ1v) is 10.5. The van der Waals surface area contributed by atoms with E-state index in [0.717, 1.165) is 12.0 Å². The molecule has 0 aromatic heterocycles. The molecular weight excluding hydrogens is 336 g/mol. The highest BCUT2D eigenvalue weighted by Gasteiger charge is 2.13. The number of hydrogen-bond donors (Lipinski definition) is 0. The third kappa shape index (κ3) is 2.71. The quantitative estimate of drug-likeness (QED) is 0.132. The fraction of sp³-hybridized carbons (Fsp3) is 0.214. The number of unbranched alkanes of at least 4 members (excludes halogenated alkanes) is 4. The summed E-state index contributed by atoms with van der Waals surface area (Å²) >= 11 is 0. The van der Waals surface area contributed by atoms with Gasteiger partial charge >= 0.3 is 0 Å². The van der Waals surface area contributed by atoms with Crippen molar-refractivity contribution in [1.29, 1.82) is 0 Å². The largest absolute Gasteiger partial charge is 0.0979 e. The van der Waals surface area contributed by atoms with E-state index in [4.69, 9.17) is 0 Å². The SMILES string of the molecule is CCCCCCC#Cc1ccc2c3cccc4cccc(c5cccc1c52)c43. The van der Waals surface area contributed by atoms with Crippen molar-refractivity contribution in [1.82, 2.24) is 0 Å². The lowest BCUT2D eigenvalue weighted by molar-refractivity contribution is 0.679. The molecule has 0 spiro atoms. The minimum atomic E-state index is 0.991. The van der Waals surface area contributed by atoms with E-state index in [1.807, 2.05) is 0 Å². The molecular formula is C28H24. The summed E-state index contributed by atoms with van der Waals surface area (Å²) in [5.74, 6) is 6.88. The van der Waals surface area contributed by atoms with Crippen LogP contribution in [0.15, 0.2) is 66.7 Å². The summed E-state index contributed by atoms with van der Waals surface area (Å²) in [7, 11) is 0. The van der Waals surface area contributed by atoms with Gasteiger partial charge in [0, 0.05) is 12.0 Å². The van der Waals surface area contributed by atoms with Gasteiger partial charge in [-0.1, -0.05) is 98.7 Å². The van der Waals surface area contributed by atoms with Crippen molar-refractivity contribution >= 4 is 43.1 Å². The Balaban J connectivity index is 1.72. The lowest BCUT2D eigenvalue weighted by Gasteiger charge is -2.14. The van der Waals surface area contributed by atoms with Crippen molar-refractivity contribution in [2.24, 2.45) is 0 Å². The zero-order chi connectivity index (χ0) is 18.9. The molecule has 0 aliphatic carbocycles. The molecule has 0 saturated heterocycles. The van der Waals surface area contributed by atoms with Crippen molar-refractivity contribution in [3.05, 3.63) is 72.3 Å². The first kappa shape index (κ1) is 17.1. The number of hydrogen-bond acceptors (Lipinski definition) is 0. The fourth-order valence-corrected chi connectivity index (χ4v) is 4.55. The van der Waals surface area contributed by atoms with E-state index in [1.165, 1.54) is 68.8 Å². The van der Waals surface area contributed by atoms with Crippen LogP contribution in [0.3, 0.4) is 0 Å². The highest BCUT2D eigenvalue weighted by Crippen LogP contribution is 2.40. The molecule has 5 aromatic rings. The molecule has 0 heteroatoms. The first-order valence-electron chi connectivity index (χ1n) is 10.5. The van der Waals surface area contributed by atoms with Crippen molar-refractivity contribution in [3.63, 3.8) is 0 Å². The van der Waals surface area contributed by atoms with Crippen molar-refractivity contribution < 1.29 is 0 Å². The summed E-state index contributed by atoms with van der Waals surface area (Å²) in [5.41, 5.74) is 1.16. The van der Waals surface area contributed by atoms with Crippen LogP contribution >= 0.6 is 0 Å². The number of benzene rings is 5. The van der Waals surface area contributed by atoms with Gasteiger partial charge in [-0.2, -0.15) is 0 Å². The lowest BCUT2D eigenvalue weighted by Crippen LogP contribution is -1.88. The summed E-state index contributed by atoms with van der Waals surface area (Å²) in [6.45, 7) is 2.25. The first-order chi connectivity index (χ1) is 13.9. The highest BCUT2D eigenvalue weighted by atomic mass is 14.2. The fourth-order valence-electron chi connectivity index (χ4n) is 4.55. The normalized spacial score (nSPS) is 11.5. The Labute approximate surface area is 166 Å². The van der Waals surface area contributed by atoms with Crippen LogP contribution in [0.5, 0.6) is 0 Å². The van der Waals surface area contributed by atoms with E-state index >= 15 is 0 Å². The average Bonchev–Trinajstić information content (AvgIpc) is 2.74. The Morgan fingerprint density at radius 2 is 1.25 bits per heavy atom. The summed E-state index contributed by atoms with van der Waals surface area (Å²) in [6.07, 6.45) is 6.07. The predicted molar refractivity (Wildman–Crippen MR) is 123 cm³/mol. The van der Waals surface area contributed by atoms with Crippen LogP contribution in [0.1, 0.15) is 44.6 Å². The minimum Gasteiger partial charge on any atom is -0.0979 e. The molecule has 136 valence electrons. The van der Waals surface area contributed by atoms with Crippen LogP contribution in [-0.4, -0.2) is 0 Å². The van der Waals surface area contributed by atoms with Gasteiger partial charge in [0.1, 0.15) is 0 Å². The van der Waals surface area contributed by atoms with E-state index in [2.05, 4.69) is 85.5 Å². The second kappa shape index (κ2) is 7.17.